The molecule has 1 amide bonds. The molecule has 0 atom stereocenters. The van der Waals surface area contributed by atoms with E-state index < -0.39 is 0 Å². The highest BCUT2D eigenvalue weighted by molar-refractivity contribution is 5.78. The van der Waals surface area contributed by atoms with Crippen LogP contribution in [0.4, 0.5) is 0 Å². The van der Waals surface area contributed by atoms with Crippen LogP contribution in [0, 0.1) is 6.54 Å². The van der Waals surface area contributed by atoms with Gasteiger partial charge < -0.3 is 10.1 Å². The molecule has 1 aromatic carbocycles. The van der Waals surface area contributed by atoms with E-state index >= 15 is 0 Å². The standard InChI is InChI=1S/C10H12NO2/c1-2-11-10(12)8-13-9-6-4-3-5-7-9/h2-7H,8H2,1H3,(H,11,12). The fourth-order valence-electron chi connectivity index (χ4n) is 0.868. The molecule has 69 valence electrons. The summed E-state index contributed by atoms with van der Waals surface area (Å²) in [4.78, 5) is 10.9. The van der Waals surface area contributed by atoms with E-state index in [-0.39, 0.29) is 12.5 Å². The highest BCUT2D eigenvalue weighted by Gasteiger charge is 1.99. The predicted molar refractivity (Wildman–Crippen MR) is 50.1 cm³/mol. The quantitative estimate of drug-likeness (QED) is 0.756. The number of para-hydroxylation sites is 1. The Hall–Kier alpha value is -1.51. The molecule has 0 aliphatic heterocycles. The Morgan fingerprint density at radius 2 is 2.15 bits per heavy atom. The first kappa shape index (κ1) is 9.58. The number of benzene rings is 1. The molecule has 0 aliphatic rings. The number of carbonyl (C=O) groups excluding carboxylic acids is 1. The van der Waals surface area contributed by atoms with E-state index in [1.54, 1.807) is 13.5 Å². The molecule has 0 saturated heterocycles. The second-order valence-electron chi connectivity index (χ2n) is 2.46. The first-order valence-corrected chi connectivity index (χ1v) is 4.08. The van der Waals surface area contributed by atoms with Crippen molar-refractivity contribution in [3.8, 4) is 5.75 Å². The third-order valence-electron chi connectivity index (χ3n) is 1.42. The summed E-state index contributed by atoms with van der Waals surface area (Å²) in [6.07, 6.45) is 0. The molecule has 0 aliphatic carbocycles. The van der Waals surface area contributed by atoms with Gasteiger partial charge in [-0.25, -0.2) is 0 Å². The Morgan fingerprint density at radius 1 is 1.46 bits per heavy atom. The molecule has 0 bridgehead atoms. The fraction of sp³-hybridized carbons (Fsp3) is 0.200. The zero-order valence-electron chi connectivity index (χ0n) is 7.49. The van der Waals surface area contributed by atoms with Crippen molar-refractivity contribution in [2.24, 2.45) is 0 Å². The van der Waals surface area contributed by atoms with Crippen LogP contribution in [0.25, 0.3) is 0 Å². The Bertz CT molecular complexity index is 259. The van der Waals surface area contributed by atoms with Gasteiger partial charge in [-0.05, 0) is 19.1 Å². The highest BCUT2D eigenvalue weighted by atomic mass is 16.5. The molecular weight excluding hydrogens is 166 g/mol. The molecule has 13 heavy (non-hydrogen) atoms. The van der Waals surface area contributed by atoms with Crippen LogP contribution in [0.3, 0.4) is 0 Å². The molecule has 0 unspecified atom stereocenters. The van der Waals surface area contributed by atoms with Crippen LogP contribution in [0.5, 0.6) is 5.75 Å². The lowest BCUT2D eigenvalue weighted by Crippen LogP contribution is -2.25. The summed E-state index contributed by atoms with van der Waals surface area (Å²) in [6.45, 7) is 3.38. The summed E-state index contributed by atoms with van der Waals surface area (Å²) < 4.78 is 5.19. The van der Waals surface area contributed by atoms with Gasteiger partial charge in [0, 0.05) is 6.54 Å². The third-order valence-corrected chi connectivity index (χ3v) is 1.42. The second-order valence-corrected chi connectivity index (χ2v) is 2.46. The molecule has 0 heterocycles. The summed E-state index contributed by atoms with van der Waals surface area (Å²) in [7, 11) is 0. The average molecular weight is 178 g/mol. The van der Waals surface area contributed by atoms with E-state index in [2.05, 4.69) is 5.32 Å². The molecule has 1 N–H and O–H groups in total. The van der Waals surface area contributed by atoms with Crippen molar-refractivity contribution in [2.75, 3.05) is 6.61 Å². The van der Waals surface area contributed by atoms with Crippen LogP contribution in [-0.2, 0) is 4.79 Å². The van der Waals surface area contributed by atoms with Crippen LogP contribution >= 0.6 is 0 Å². The number of amides is 1. The largest absolute Gasteiger partial charge is 0.484 e. The van der Waals surface area contributed by atoms with Crippen molar-refractivity contribution in [2.45, 2.75) is 6.92 Å². The summed E-state index contributed by atoms with van der Waals surface area (Å²) in [5.41, 5.74) is 0. The minimum absolute atomic E-state index is 0.0500. The van der Waals surface area contributed by atoms with Crippen molar-refractivity contribution in [3.63, 3.8) is 0 Å². The molecule has 1 aromatic rings. The van der Waals surface area contributed by atoms with Crippen molar-refractivity contribution in [1.29, 1.82) is 0 Å². The zero-order valence-corrected chi connectivity index (χ0v) is 7.49. The predicted octanol–water partition coefficient (Wildman–Crippen LogP) is 1.36. The van der Waals surface area contributed by atoms with E-state index in [1.165, 1.54) is 0 Å². The number of hydrogen-bond acceptors (Lipinski definition) is 2. The highest BCUT2D eigenvalue weighted by Crippen LogP contribution is 2.07. The SMILES string of the molecule is C[CH]NC(=O)COc1ccccc1. The van der Waals surface area contributed by atoms with E-state index in [0.29, 0.717) is 5.75 Å². The summed E-state index contributed by atoms with van der Waals surface area (Å²) in [6, 6.07) is 9.23. The Morgan fingerprint density at radius 3 is 2.77 bits per heavy atom. The number of carbonyl (C=O) groups is 1. The Labute approximate surface area is 77.7 Å². The maximum Gasteiger partial charge on any atom is 0.258 e. The minimum atomic E-state index is -0.147. The fourth-order valence-corrected chi connectivity index (χ4v) is 0.868. The van der Waals surface area contributed by atoms with Crippen LogP contribution in [0.15, 0.2) is 30.3 Å². The monoisotopic (exact) mass is 178 g/mol. The summed E-state index contributed by atoms with van der Waals surface area (Å²) >= 11 is 0. The topological polar surface area (TPSA) is 38.3 Å². The smallest absolute Gasteiger partial charge is 0.258 e. The summed E-state index contributed by atoms with van der Waals surface area (Å²) in [5, 5.41) is 2.53. The molecular formula is C10H12NO2. The molecule has 3 heteroatoms. The molecule has 1 rings (SSSR count). The number of rotatable bonds is 4. The molecule has 0 aromatic heterocycles. The molecule has 0 fully saturated rings. The summed E-state index contributed by atoms with van der Waals surface area (Å²) in [5.74, 6) is 0.556. The lowest BCUT2D eigenvalue weighted by Gasteiger charge is -2.04. The molecule has 3 nitrogen and oxygen atoms in total. The van der Waals surface area contributed by atoms with Gasteiger partial charge in [0.25, 0.3) is 5.91 Å². The number of hydrogen-bond donors (Lipinski definition) is 1. The van der Waals surface area contributed by atoms with Crippen LogP contribution in [0.1, 0.15) is 6.92 Å². The molecule has 0 saturated carbocycles. The lowest BCUT2D eigenvalue weighted by atomic mass is 10.3. The van der Waals surface area contributed by atoms with Crippen molar-refractivity contribution in [1.82, 2.24) is 5.32 Å². The first-order valence-electron chi connectivity index (χ1n) is 4.08. The average Bonchev–Trinajstić information content (AvgIpc) is 2.17. The van der Waals surface area contributed by atoms with Gasteiger partial charge in [-0.15, -0.1) is 0 Å². The lowest BCUT2D eigenvalue weighted by molar-refractivity contribution is -0.122. The second kappa shape index (κ2) is 5.19. The van der Waals surface area contributed by atoms with Gasteiger partial charge in [0.05, 0.1) is 0 Å². The van der Waals surface area contributed by atoms with E-state index in [0.717, 1.165) is 0 Å². The number of ether oxygens (including phenoxy) is 1. The van der Waals surface area contributed by atoms with Gasteiger partial charge in [-0.1, -0.05) is 18.2 Å². The van der Waals surface area contributed by atoms with E-state index in [9.17, 15) is 4.79 Å². The van der Waals surface area contributed by atoms with Crippen molar-refractivity contribution < 1.29 is 9.53 Å². The van der Waals surface area contributed by atoms with Gasteiger partial charge in [0.1, 0.15) is 5.75 Å². The minimum Gasteiger partial charge on any atom is -0.484 e. The first-order chi connectivity index (χ1) is 6.33. The van der Waals surface area contributed by atoms with E-state index in [4.69, 9.17) is 4.74 Å². The van der Waals surface area contributed by atoms with Crippen LogP contribution in [0.2, 0.25) is 0 Å². The Balaban J connectivity index is 2.31. The van der Waals surface area contributed by atoms with Gasteiger partial charge in [-0.3, -0.25) is 4.79 Å². The molecule has 0 spiro atoms. The van der Waals surface area contributed by atoms with Crippen molar-refractivity contribution in [3.05, 3.63) is 36.9 Å². The van der Waals surface area contributed by atoms with Gasteiger partial charge in [-0.2, -0.15) is 0 Å². The zero-order chi connectivity index (χ0) is 9.52. The van der Waals surface area contributed by atoms with Crippen LogP contribution < -0.4 is 10.1 Å². The Kier molecular flexibility index (Phi) is 3.82. The normalized spacial score (nSPS) is 9.31. The number of nitrogens with one attached hydrogen (secondary N) is 1. The van der Waals surface area contributed by atoms with Gasteiger partial charge in [0.15, 0.2) is 6.61 Å². The van der Waals surface area contributed by atoms with Crippen LogP contribution in [-0.4, -0.2) is 12.5 Å². The molecule has 1 radical (unpaired) electrons. The van der Waals surface area contributed by atoms with E-state index in [1.807, 2.05) is 30.3 Å². The van der Waals surface area contributed by atoms with Crippen molar-refractivity contribution >= 4 is 5.91 Å². The maximum atomic E-state index is 10.9. The third kappa shape index (κ3) is 3.60. The maximum absolute atomic E-state index is 10.9. The van der Waals surface area contributed by atoms with Gasteiger partial charge >= 0.3 is 0 Å². The van der Waals surface area contributed by atoms with Gasteiger partial charge in [0.2, 0.25) is 0 Å².